The lowest BCUT2D eigenvalue weighted by molar-refractivity contribution is -0.384. The molecule has 9 heteroatoms. The standard InChI is InChI=1S/C18H17N3O5S/c1-12-2-4-13(5-3-12)19-16-10-27(25,26)11-17(16)20(18(19)22)14-6-8-15(9-7-14)21(23)24/h2-9,16-17H,10-11H2,1H3/t16-,17-/m0/s1. The Kier molecular flexibility index (Phi) is 3.92. The van der Waals surface area contributed by atoms with Crippen LogP contribution in [0.15, 0.2) is 48.5 Å². The van der Waals surface area contributed by atoms with Crippen LogP contribution >= 0.6 is 0 Å². The number of carbonyl (C=O) groups is 1. The highest BCUT2D eigenvalue weighted by molar-refractivity contribution is 7.91. The van der Waals surface area contributed by atoms with Crippen LogP contribution in [0.5, 0.6) is 0 Å². The first kappa shape index (κ1) is 17.5. The Morgan fingerprint density at radius 1 is 0.926 bits per heavy atom. The SMILES string of the molecule is Cc1ccc(N2C(=O)N(c3ccc([N+](=O)[O-])cc3)[C@H]3CS(=O)(=O)C[C@@H]32)cc1. The first-order chi connectivity index (χ1) is 12.8. The molecule has 2 aromatic rings. The van der Waals surface area contributed by atoms with Crippen LogP contribution in [-0.2, 0) is 9.84 Å². The largest absolute Gasteiger partial charge is 0.329 e. The molecule has 2 saturated heterocycles. The lowest BCUT2D eigenvalue weighted by atomic mass is 10.1. The van der Waals surface area contributed by atoms with Crippen molar-refractivity contribution in [3.8, 4) is 0 Å². The van der Waals surface area contributed by atoms with E-state index in [1.54, 1.807) is 12.1 Å². The molecule has 0 radical (unpaired) electrons. The number of hydrogen-bond donors (Lipinski definition) is 0. The van der Waals surface area contributed by atoms with Crippen LogP contribution in [-0.4, -0.2) is 43.0 Å². The summed E-state index contributed by atoms with van der Waals surface area (Å²) in [7, 11) is -3.28. The summed E-state index contributed by atoms with van der Waals surface area (Å²) in [5.74, 6) is -0.219. The first-order valence-corrected chi connectivity index (χ1v) is 10.2. The minimum atomic E-state index is -3.28. The van der Waals surface area contributed by atoms with Crippen molar-refractivity contribution in [2.45, 2.75) is 19.0 Å². The van der Waals surface area contributed by atoms with Gasteiger partial charge in [0.1, 0.15) is 0 Å². The molecule has 0 N–H and O–H groups in total. The third-order valence-corrected chi connectivity index (χ3v) is 6.72. The lowest BCUT2D eigenvalue weighted by Crippen LogP contribution is -2.37. The predicted octanol–water partition coefficient (Wildman–Crippen LogP) is 2.52. The summed E-state index contributed by atoms with van der Waals surface area (Å²) < 4.78 is 24.5. The van der Waals surface area contributed by atoms with Gasteiger partial charge in [0.15, 0.2) is 9.84 Å². The second kappa shape index (κ2) is 6.05. The van der Waals surface area contributed by atoms with Crippen molar-refractivity contribution in [3.63, 3.8) is 0 Å². The molecule has 0 unspecified atom stereocenters. The van der Waals surface area contributed by atoms with Crippen LogP contribution in [0.25, 0.3) is 0 Å². The molecule has 0 saturated carbocycles. The van der Waals surface area contributed by atoms with Gasteiger partial charge in [-0.25, -0.2) is 13.2 Å². The van der Waals surface area contributed by atoms with E-state index in [9.17, 15) is 23.3 Å². The number of fused-ring (bicyclic) bond motifs is 1. The predicted molar refractivity (Wildman–Crippen MR) is 101 cm³/mol. The van der Waals surface area contributed by atoms with Crippen molar-refractivity contribution < 1.29 is 18.1 Å². The van der Waals surface area contributed by atoms with Crippen molar-refractivity contribution in [2.24, 2.45) is 0 Å². The topological polar surface area (TPSA) is 101 Å². The summed E-state index contributed by atoms with van der Waals surface area (Å²) in [5, 5.41) is 10.9. The summed E-state index contributed by atoms with van der Waals surface area (Å²) in [5.41, 5.74) is 2.04. The van der Waals surface area contributed by atoms with Gasteiger partial charge in [-0.05, 0) is 31.2 Å². The van der Waals surface area contributed by atoms with Gasteiger partial charge in [-0.1, -0.05) is 17.7 Å². The van der Waals surface area contributed by atoms with Crippen molar-refractivity contribution in [2.75, 3.05) is 21.3 Å². The second-order valence-corrected chi connectivity index (χ2v) is 9.00. The number of nitro benzene ring substituents is 1. The number of anilines is 2. The molecule has 0 spiro atoms. The molecule has 2 aliphatic rings. The monoisotopic (exact) mass is 387 g/mol. The molecule has 8 nitrogen and oxygen atoms in total. The molecule has 4 rings (SSSR count). The quantitative estimate of drug-likeness (QED) is 0.458. The highest BCUT2D eigenvalue weighted by Crippen LogP contribution is 2.38. The minimum Gasteiger partial charge on any atom is -0.288 e. The molecule has 2 amide bonds. The highest BCUT2D eigenvalue weighted by atomic mass is 32.2. The van der Waals surface area contributed by atoms with Crippen molar-refractivity contribution >= 4 is 32.9 Å². The van der Waals surface area contributed by atoms with E-state index in [4.69, 9.17) is 0 Å². The van der Waals surface area contributed by atoms with Gasteiger partial charge in [-0.15, -0.1) is 0 Å². The fourth-order valence-corrected chi connectivity index (χ4v) is 5.67. The number of non-ortho nitro benzene ring substituents is 1. The van der Waals surface area contributed by atoms with E-state index in [1.807, 2.05) is 19.1 Å². The van der Waals surface area contributed by atoms with E-state index >= 15 is 0 Å². The van der Waals surface area contributed by atoms with Crippen LogP contribution in [0.1, 0.15) is 5.56 Å². The van der Waals surface area contributed by atoms with Gasteiger partial charge in [-0.2, -0.15) is 0 Å². The van der Waals surface area contributed by atoms with Crippen LogP contribution in [0.3, 0.4) is 0 Å². The molecular formula is C18H17N3O5S. The van der Waals surface area contributed by atoms with Gasteiger partial charge in [0, 0.05) is 23.5 Å². The summed E-state index contributed by atoms with van der Waals surface area (Å²) in [4.78, 5) is 26.5. The summed E-state index contributed by atoms with van der Waals surface area (Å²) in [6, 6.07) is 11.6. The molecule has 2 atom stereocenters. The van der Waals surface area contributed by atoms with Crippen molar-refractivity contribution in [1.29, 1.82) is 0 Å². The number of aryl methyl sites for hydroxylation is 1. The number of hydrogen-bond acceptors (Lipinski definition) is 5. The molecule has 0 aromatic heterocycles. The molecule has 140 valence electrons. The lowest BCUT2D eigenvalue weighted by Gasteiger charge is -2.22. The van der Waals surface area contributed by atoms with E-state index in [0.29, 0.717) is 11.4 Å². The van der Waals surface area contributed by atoms with E-state index < -0.39 is 26.8 Å². The number of carbonyl (C=O) groups excluding carboxylic acids is 1. The number of rotatable bonds is 3. The molecule has 2 aliphatic heterocycles. The van der Waals surface area contributed by atoms with Crippen molar-refractivity contribution in [3.05, 3.63) is 64.2 Å². The van der Waals surface area contributed by atoms with Gasteiger partial charge in [0.05, 0.1) is 28.5 Å². The zero-order valence-electron chi connectivity index (χ0n) is 14.5. The summed E-state index contributed by atoms with van der Waals surface area (Å²) >= 11 is 0. The molecule has 0 aliphatic carbocycles. The molecule has 2 aromatic carbocycles. The smallest absolute Gasteiger partial charge is 0.288 e. The Hall–Kier alpha value is -2.94. The van der Waals surface area contributed by atoms with Gasteiger partial charge in [0.25, 0.3) is 5.69 Å². The Morgan fingerprint density at radius 2 is 1.37 bits per heavy atom. The van der Waals surface area contributed by atoms with E-state index in [-0.39, 0.29) is 23.2 Å². The van der Waals surface area contributed by atoms with Gasteiger partial charge < -0.3 is 0 Å². The van der Waals surface area contributed by atoms with E-state index in [0.717, 1.165) is 5.56 Å². The van der Waals surface area contributed by atoms with Crippen molar-refractivity contribution in [1.82, 2.24) is 0 Å². The number of sulfone groups is 1. The van der Waals surface area contributed by atoms with E-state index in [1.165, 1.54) is 34.1 Å². The van der Waals surface area contributed by atoms with Gasteiger partial charge in [-0.3, -0.25) is 19.9 Å². The van der Waals surface area contributed by atoms with Gasteiger partial charge >= 0.3 is 6.03 Å². The zero-order valence-corrected chi connectivity index (χ0v) is 15.3. The van der Waals surface area contributed by atoms with Crippen LogP contribution in [0.2, 0.25) is 0 Å². The average Bonchev–Trinajstić information content (AvgIpc) is 3.05. The van der Waals surface area contributed by atoms with E-state index in [2.05, 4.69) is 0 Å². The molecular weight excluding hydrogens is 370 g/mol. The maximum Gasteiger partial charge on any atom is 0.329 e. The summed E-state index contributed by atoms with van der Waals surface area (Å²) in [6.07, 6.45) is 0. The fraction of sp³-hybridized carbons (Fsp3) is 0.278. The number of nitrogens with zero attached hydrogens (tertiary/aromatic N) is 3. The Labute approximate surface area is 156 Å². The van der Waals surface area contributed by atoms with Crippen LogP contribution in [0.4, 0.5) is 21.9 Å². The Bertz CT molecular complexity index is 1020. The van der Waals surface area contributed by atoms with Gasteiger partial charge in [0.2, 0.25) is 0 Å². The fourth-order valence-electron chi connectivity index (χ4n) is 3.75. The Morgan fingerprint density at radius 3 is 1.81 bits per heavy atom. The summed E-state index contributed by atoms with van der Waals surface area (Å²) in [6.45, 7) is 1.93. The average molecular weight is 387 g/mol. The molecule has 0 bridgehead atoms. The molecule has 2 heterocycles. The number of nitro groups is 1. The minimum absolute atomic E-state index is 0.0867. The second-order valence-electron chi connectivity index (χ2n) is 6.84. The maximum atomic E-state index is 13.2. The Balaban J connectivity index is 1.76. The highest BCUT2D eigenvalue weighted by Gasteiger charge is 2.54. The number of benzene rings is 2. The third-order valence-electron chi connectivity index (χ3n) is 5.02. The van der Waals surface area contributed by atoms with Crippen LogP contribution < -0.4 is 9.80 Å². The molecule has 27 heavy (non-hydrogen) atoms. The third kappa shape index (κ3) is 2.93. The maximum absolute atomic E-state index is 13.2. The zero-order chi connectivity index (χ0) is 19.3. The molecule has 2 fully saturated rings. The number of urea groups is 1. The van der Waals surface area contributed by atoms with Crippen LogP contribution in [0, 0.1) is 17.0 Å². The normalized spacial score (nSPS) is 23.5. The number of amides is 2. The first-order valence-electron chi connectivity index (χ1n) is 8.41.